The molecule has 1 saturated heterocycles. The van der Waals surface area contributed by atoms with Gasteiger partial charge in [0, 0.05) is 25.7 Å². The number of fused-ring (bicyclic) bond motifs is 1. The number of hydrogen-bond donors (Lipinski definition) is 1. The van der Waals surface area contributed by atoms with Crippen molar-refractivity contribution in [1.29, 1.82) is 0 Å². The minimum Gasteiger partial charge on any atom is -0.378 e. The lowest BCUT2D eigenvalue weighted by atomic mass is 10.1. The third-order valence-corrected chi connectivity index (χ3v) is 6.17. The first-order valence-corrected chi connectivity index (χ1v) is 10.9. The molecule has 31 heavy (non-hydrogen) atoms. The van der Waals surface area contributed by atoms with E-state index >= 15 is 0 Å². The normalized spacial score (nSPS) is 17.4. The second-order valence-corrected chi connectivity index (χ2v) is 7.98. The van der Waals surface area contributed by atoms with E-state index in [4.69, 9.17) is 19.8 Å². The Balaban J connectivity index is 1.61. The highest BCUT2D eigenvalue weighted by molar-refractivity contribution is 5.91. The summed E-state index contributed by atoms with van der Waals surface area (Å²) in [6, 6.07) is 8.19. The summed E-state index contributed by atoms with van der Waals surface area (Å²) in [6.07, 6.45) is 7.40. The van der Waals surface area contributed by atoms with E-state index in [1.807, 2.05) is 30.5 Å². The zero-order chi connectivity index (χ0) is 21.2. The van der Waals surface area contributed by atoms with Gasteiger partial charge in [-0.1, -0.05) is 25.0 Å². The second kappa shape index (κ2) is 8.60. The van der Waals surface area contributed by atoms with Gasteiger partial charge in [0.05, 0.1) is 42.2 Å². The molecule has 3 aromatic rings. The van der Waals surface area contributed by atoms with Crippen LogP contribution in [0.2, 0.25) is 0 Å². The average Bonchev–Trinajstić information content (AvgIpc) is 3.50. The molecule has 5 rings (SSSR count). The molecular weight excluding hydrogens is 394 g/mol. The molecule has 3 heterocycles. The number of nitrogens with zero attached hydrogens (tertiary/aromatic N) is 6. The van der Waals surface area contributed by atoms with Crippen LogP contribution >= 0.6 is 0 Å². The Morgan fingerprint density at radius 2 is 1.87 bits per heavy atom. The smallest absolute Gasteiger partial charge is 0.228 e. The van der Waals surface area contributed by atoms with Crippen molar-refractivity contribution in [3.63, 3.8) is 0 Å². The van der Waals surface area contributed by atoms with Crippen LogP contribution in [0.5, 0.6) is 0 Å². The summed E-state index contributed by atoms with van der Waals surface area (Å²) in [5, 5.41) is 7.11. The van der Waals surface area contributed by atoms with Crippen LogP contribution in [0.1, 0.15) is 31.7 Å². The van der Waals surface area contributed by atoms with Crippen LogP contribution in [0.25, 0.3) is 22.3 Å². The number of hydrogen-bond acceptors (Lipinski definition) is 7. The third-order valence-electron chi connectivity index (χ3n) is 6.17. The minimum atomic E-state index is 0.400. The maximum absolute atomic E-state index is 11.2. The van der Waals surface area contributed by atoms with Gasteiger partial charge in [0.1, 0.15) is 0 Å². The Bertz CT molecular complexity index is 1050. The lowest BCUT2D eigenvalue weighted by Gasteiger charge is -2.27. The molecule has 1 amide bonds. The van der Waals surface area contributed by atoms with Gasteiger partial charge in [-0.25, -0.2) is 20.1 Å². The van der Waals surface area contributed by atoms with Crippen molar-refractivity contribution in [1.82, 2.24) is 25.2 Å². The largest absolute Gasteiger partial charge is 0.378 e. The molecule has 2 fully saturated rings. The predicted molar refractivity (Wildman–Crippen MR) is 119 cm³/mol. The molecule has 1 aromatic carbocycles. The van der Waals surface area contributed by atoms with E-state index in [2.05, 4.69) is 15.0 Å². The van der Waals surface area contributed by atoms with E-state index in [0.717, 1.165) is 66.3 Å². The third kappa shape index (κ3) is 3.75. The highest BCUT2D eigenvalue weighted by Gasteiger charge is 2.24. The predicted octanol–water partition coefficient (Wildman–Crippen LogP) is 2.54. The summed E-state index contributed by atoms with van der Waals surface area (Å²) < 4.78 is 7.61. The Kier molecular flexibility index (Phi) is 5.52. The highest BCUT2D eigenvalue weighted by Crippen LogP contribution is 2.35. The standard InChI is InChI=1S/C22H27N7O2/c1-23-28(15-30)17-8-6-16(7-9-17)20-19-14-24-29(18-4-2-3-5-18)21(19)26-22(25-20)27-10-12-31-13-11-27/h6-9,14-15,18,23H,2-5,10-13H2,1H3. The molecule has 1 N–H and O–H groups in total. The van der Waals surface area contributed by atoms with Crippen LogP contribution in [0, 0.1) is 0 Å². The molecule has 9 heteroatoms. The summed E-state index contributed by atoms with van der Waals surface area (Å²) in [7, 11) is 1.71. The Hall–Kier alpha value is -3.04. The molecule has 0 unspecified atom stereocenters. The summed E-state index contributed by atoms with van der Waals surface area (Å²) in [5.41, 5.74) is 6.35. The van der Waals surface area contributed by atoms with E-state index in [-0.39, 0.29) is 0 Å². The van der Waals surface area contributed by atoms with E-state index < -0.39 is 0 Å². The number of rotatable bonds is 6. The highest BCUT2D eigenvalue weighted by atomic mass is 16.5. The average molecular weight is 422 g/mol. The molecule has 0 radical (unpaired) electrons. The lowest BCUT2D eigenvalue weighted by Crippen LogP contribution is -2.37. The molecule has 2 aliphatic rings. The fourth-order valence-electron chi connectivity index (χ4n) is 4.48. The van der Waals surface area contributed by atoms with Gasteiger partial charge in [-0.2, -0.15) is 10.1 Å². The van der Waals surface area contributed by atoms with Crippen LogP contribution in [0.3, 0.4) is 0 Å². The number of benzene rings is 1. The lowest BCUT2D eigenvalue weighted by molar-refractivity contribution is -0.107. The van der Waals surface area contributed by atoms with Gasteiger partial charge in [-0.3, -0.25) is 4.79 Å². The number of nitrogens with one attached hydrogen (secondary N) is 1. The monoisotopic (exact) mass is 421 g/mol. The number of carbonyl (C=O) groups excluding carboxylic acids is 1. The Labute approximate surface area is 181 Å². The van der Waals surface area contributed by atoms with Gasteiger partial charge in [0.15, 0.2) is 5.65 Å². The fraction of sp³-hybridized carbons (Fsp3) is 0.455. The SMILES string of the molecule is CNN(C=O)c1ccc(-c2nc(N3CCOCC3)nc3c2cnn3C2CCCC2)cc1. The first-order chi connectivity index (χ1) is 15.3. The number of ether oxygens (including phenoxy) is 1. The molecule has 1 saturated carbocycles. The van der Waals surface area contributed by atoms with Gasteiger partial charge in [0.25, 0.3) is 0 Å². The van der Waals surface area contributed by atoms with Gasteiger partial charge < -0.3 is 9.64 Å². The Morgan fingerprint density at radius 3 is 2.55 bits per heavy atom. The van der Waals surface area contributed by atoms with E-state index in [9.17, 15) is 4.79 Å². The number of aromatic nitrogens is 4. The molecule has 0 spiro atoms. The van der Waals surface area contributed by atoms with Gasteiger partial charge in [-0.05, 0) is 25.0 Å². The van der Waals surface area contributed by atoms with Gasteiger partial charge >= 0.3 is 0 Å². The van der Waals surface area contributed by atoms with Crippen molar-refractivity contribution in [3.05, 3.63) is 30.5 Å². The number of morpholine rings is 1. The molecule has 1 aliphatic heterocycles. The summed E-state index contributed by atoms with van der Waals surface area (Å²) in [4.78, 5) is 23.3. The number of amides is 1. The summed E-state index contributed by atoms with van der Waals surface area (Å²) >= 11 is 0. The van der Waals surface area contributed by atoms with E-state index in [1.165, 1.54) is 17.9 Å². The molecular formula is C22H27N7O2. The summed E-state index contributed by atoms with van der Waals surface area (Å²) in [5.74, 6) is 0.722. The van der Waals surface area contributed by atoms with Crippen LogP contribution in [0.15, 0.2) is 30.5 Å². The van der Waals surface area contributed by atoms with Crippen LogP contribution in [-0.4, -0.2) is 59.5 Å². The van der Waals surface area contributed by atoms with Crippen molar-refractivity contribution in [2.45, 2.75) is 31.7 Å². The number of anilines is 2. The van der Waals surface area contributed by atoms with Gasteiger partial charge in [0.2, 0.25) is 12.4 Å². The van der Waals surface area contributed by atoms with Crippen LogP contribution in [-0.2, 0) is 9.53 Å². The van der Waals surface area contributed by atoms with Crippen molar-refractivity contribution < 1.29 is 9.53 Å². The number of carbonyl (C=O) groups is 1. The molecule has 0 atom stereocenters. The quantitative estimate of drug-likeness (QED) is 0.483. The maximum atomic E-state index is 11.2. The van der Waals surface area contributed by atoms with Crippen molar-refractivity contribution in [2.75, 3.05) is 43.3 Å². The molecule has 1 aliphatic carbocycles. The molecule has 2 aromatic heterocycles. The van der Waals surface area contributed by atoms with Crippen molar-refractivity contribution in [2.24, 2.45) is 0 Å². The molecule has 9 nitrogen and oxygen atoms in total. The Morgan fingerprint density at radius 1 is 1.13 bits per heavy atom. The van der Waals surface area contributed by atoms with Gasteiger partial charge in [-0.15, -0.1) is 0 Å². The zero-order valence-corrected chi connectivity index (χ0v) is 17.7. The van der Waals surface area contributed by atoms with E-state index in [0.29, 0.717) is 19.3 Å². The zero-order valence-electron chi connectivity index (χ0n) is 17.7. The topological polar surface area (TPSA) is 88.4 Å². The van der Waals surface area contributed by atoms with Crippen molar-refractivity contribution >= 4 is 29.1 Å². The minimum absolute atomic E-state index is 0.400. The second-order valence-electron chi connectivity index (χ2n) is 7.98. The van der Waals surface area contributed by atoms with Crippen LogP contribution < -0.4 is 15.3 Å². The summed E-state index contributed by atoms with van der Waals surface area (Å²) in [6.45, 7) is 2.91. The maximum Gasteiger partial charge on any atom is 0.228 e. The molecule has 162 valence electrons. The van der Waals surface area contributed by atoms with Crippen LogP contribution in [0.4, 0.5) is 11.6 Å². The first kappa shape index (κ1) is 19.9. The van der Waals surface area contributed by atoms with Crippen molar-refractivity contribution in [3.8, 4) is 11.3 Å². The number of hydrazine groups is 1. The fourth-order valence-corrected chi connectivity index (χ4v) is 4.48. The molecule has 0 bridgehead atoms. The first-order valence-electron chi connectivity index (χ1n) is 10.9. The van der Waals surface area contributed by atoms with E-state index in [1.54, 1.807) is 7.05 Å².